The van der Waals surface area contributed by atoms with Gasteiger partial charge in [0.25, 0.3) is 11.6 Å². The molecular formula is C20H22ClN3O5. The van der Waals surface area contributed by atoms with Gasteiger partial charge >= 0.3 is 0 Å². The van der Waals surface area contributed by atoms with Gasteiger partial charge in [-0.25, -0.2) is 0 Å². The molecule has 2 aromatic rings. The molecule has 0 radical (unpaired) electrons. The van der Waals surface area contributed by atoms with E-state index < -0.39 is 4.92 Å². The molecule has 0 spiro atoms. The van der Waals surface area contributed by atoms with Crippen LogP contribution in [0.15, 0.2) is 36.4 Å². The Balaban J connectivity index is 1.72. The molecule has 0 aliphatic carbocycles. The highest BCUT2D eigenvalue weighted by Gasteiger charge is 2.26. The maximum absolute atomic E-state index is 12.9. The number of non-ortho nitro benzene ring substituents is 1. The third kappa shape index (κ3) is 4.89. The Labute approximate surface area is 173 Å². The number of nitrogens with one attached hydrogen (secondary N) is 1. The number of carbonyl (C=O) groups is 1. The van der Waals surface area contributed by atoms with Crippen molar-refractivity contribution < 1.29 is 19.2 Å². The van der Waals surface area contributed by atoms with Crippen LogP contribution in [0, 0.1) is 10.1 Å². The summed E-state index contributed by atoms with van der Waals surface area (Å²) < 4.78 is 10.6. The summed E-state index contributed by atoms with van der Waals surface area (Å²) in [6.45, 7) is 1.09. The number of nitro benzene ring substituents is 1. The zero-order valence-electron chi connectivity index (χ0n) is 16.2. The van der Waals surface area contributed by atoms with E-state index in [0.717, 1.165) is 18.5 Å². The van der Waals surface area contributed by atoms with Crippen molar-refractivity contribution in [1.82, 2.24) is 4.90 Å². The Morgan fingerprint density at radius 2 is 1.90 bits per heavy atom. The number of hydrogen-bond acceptors (Lipinski definition) is 6. The van der Waals surface area contributed by atoms with Crippen LogP contribution in [-0.2, 0) is 0 Å². The lowest BCUT2D eigenvalue weighted by Crippen LogP contribution is -2.45. The molecule has 1 amide bonds. The predicted octanol–water partition coefficient (Wildman–Crippen LogP) is 3.98. The molecule has 0 saturated carbocycles. The summed E-state index contributed by atoms with van der Waals surface area (Å²) in [5.41, 5.74) is 0.964. The van der Waals surface area contributed by atoms with Gasteiger partial charge in [-0.3, -0.25) is 14.9 Å². The van der Waals surface area contributed by atoms with Gasteiger partial charge < -0.3 is 19.7 Å². The summed E-state index contributed by atoms with van der Waals surface area (Å²) in [6, 6.07) is 9.48. The van der Waals surface area contributed by atoms with Crippen molar-refractivity contribution in [3.63, 3.8) is 0 Å². The molecule has 1 fully saturated rings. The molecule has 9 heteroatoms. The van der Waals surface area contributed by atoms with E-state index in [1.807, 2.05) is 12.1 Å². The second kappa shape index (κ2) is 9.00. The minimum atomic E-state index is -0.538. The number of rotatable bonds is 6. The number of halogens is 1. The second-order valence-electron chi connectivity index (χ2n) is 6.76. The summed E-state index contributed by atoms with van der Waals surface area (Å²) in [5.74, 6) is 1.11. The molecule has 1 saturated heterocycles. The van der Waals surface area contributed by atoms with E-state index in [4.69, 9.17) is 21.1 Å². The number of methoxy groups -OCH3 is 2. The molecule has 0 bridgehead atoms. The summed E-state index contributed by atoms with van der Waals surface area (Å²) in [5, 5.41) is 14.4. The van der Waals surface area contributed by atoms with Gasteiger partial charge in [0.1, 0.15) is 11.5 Å². The predicted molar refractivity (Wildman–Crippen MR) is 110 cm³/mol. The van der Waals surface area contributed by atoms with Crippen LogP contribution in [-0.4, -0.2) is 49.1 Å². The standard InChI is InChI=1S/C20H22ClN3O5/c1-28-16-8-14(9-17(11-16)29-2)22-13-4-3-7-23(12-13)20(25)18-6-5-15(24(26)27)10-19(18)21/h5-6,8-11,13,22H,3-4,7,12H2,1-2H3. The minimum absolute atomic E-state index is 0.0429. The van der Waals surface area contributed by atoms with Gasteiger partial charge in [-0.2, -0.15) is 0 Å². The molecule has 1 unspecified atom stereocenters. The normalized spacial score (nSPS) is 16.2. The van der Waals surface area contributed by atoms with Crippen molar-refractivity contribution in [2.24, 2.45) is 0 Å². The lowest BCUT2D eigenvalue weighted by Gasteiger charge is -2.34. The molecule has 1 aliphatic heterocycles. The number of hydrogen-bond donors (Lipinski definition) is 1. The number of likely N-dealkylation sites (tertiary alicyclic amines) is 1. The van der Waals surface area contributed by atoms with Crippen molar-refractivity contribution >= 4 is 28.9 Å². The number of benzene rings is 2. The van der Waals surface area contributed by atoms with Gasteiger partial charge in [0.05, 0.1) is 29.7 Å². The van der Waals surface area contributed by atoms with Crippen LogP contribution in [0.3, 0.4) is 0 Å². The lowest BCUT2D eigenvalue weighted by molar-refractivity contribution is -0.384. The molecule has 3 rings (SSSR count). The van der Waals surface area contributed by atoms with E-state index in [1.165, 1.54) is 18.2 Å². The molecule has 0 aromatic heterocycles. The number of anilines is 1. The maximum atomic E-state index is 12.9. The average molecular weight is 420 g/mol. The van der Waals surface area contributed by atoms with Crippen molar-refractivity contribution in [2.75, 3.05) is 32.6 Å². The SMILES string of the molecule is COc1cc(NC2CCCN(C(=O)c3ccc([N+](=O)[O-])cc3Cl)C2)cc(OC)c1. The van der Waals surface area contributed by atoms with Gasteiger partial charge in [-0.15, -0.1) is 0 Å². The van der Waals surface area contributed by atoms with Crippen molar-refractivity contribution in [3.8, 4) is 11.5 Å². The fourth-order valence-corrected chi connectivity index (χ4v) is 3.62. The van der Waals surface area contributed by atoms with E-state index in [0.29, 0.717) is 24.6 Å². The Morgan fingerprint density at radius 1 is 1.21 bits per heavy atom. The largest absolute Gasteiger partial charge is 0.497 e. The third-order valence-corrected chi connectivity index (χ3v) is 5.14. The Kier molecular flexibility index (Phi) is 6.43. The highest BCUT2D eigenvalue weighted by molar-refractivity contribution is 6.34. The Morgan fingerprint density at radius 3 is 2.48 bits per heavy atom. The number of nitrogens with zero attached hydrogens (tertiary/aromatic N) is 2. The van der Waals surface area contributed by atoms with Crippen LogP contribution in [0.2, 0.25) is 5.02 Å². The lowest BCUT2D eigenvalue weighted by atomic mass is 10.0. The summed E-state index contributed by atoms with van der Waals surface area (Å²) in [4.78, 5) is 24.9. The highest BCUT2D eigenvalue weighted by Crippen LogP contribution is 2.28. The monoisotopic (exact) mass is 419 g/mol. The minimum Gasteiger partial charge on any atom is -0.497 e. The van der Waals surface area contributed by atoms with Crippen molar-refractivity contribution in [2.45, 2.75) is 18.9 Å². The smallest absolute Gasteiger partial charge is 0.270 e. The molecule has 1 aliphatic rings. The fourth-order valence-electron chi connectivity index (χ4n) is 3.37. The van der Waals surface area contributed by atoms with Crippen LogP contribution in [0.5, 0.6) is 11.5 Å². The number of amides is 1. The average Bonchev–Trinajstić information content (AvgIpc) is 2.73. The van der Waals surface area contributed by atoms with Gasteiger partial charge in [0.2, 0.25) is 0 Å². The fraction of sp³-hybridized carbons (Fsp3) is 0.350. The van der Waals surface area contributed by atoms with Crippen LogP contribution in [0.25, 0.3) is 0 Å². The Hall–Kier alpha value is -3.00. The van der Waals surface area contributed by atoms with E-state index >= 15 is 0 Å². The number of carbonyl (C=O) groups excluding carboxylic acids is 1. The Bertz CT molecular complexity index is 899. The number of nitro groups is 1. The number of piperidine rings is 1. The van der Waals surface area contributed by atoms with Crippen molar-refractivity contribution in [1.29, 1.82) is 0 Å². The molecule has 154 valence electrons. The second-order valence-corrected chi connectivity index (χ2v) is 7.16. The zero-order chi connectivity index (χ0) is 21.0. The first-order chi connectivity index (χ1) is 13.9. The van der Waals surface area contributed by atoms with E-state index in [1.54, 1.807) is 25.2 Å². The summed E-state index contributed by atoms with van der Waals surface area (Å²) in [7, 11) is 3.18. The van der Waals surface area contributed by atoms with E-state index in [2.05, 4.69) is 5.32 Å². The van der Waals surface area contributed by atoms with Crippen molar-refractivity contribution in [3.05, 3.63) is 57.1 Å². The zero-order valence-corrected chi connectivity index (χ0v) is 16.9. The first kappa shape index (κ1) is 20.7. The third-order valence-electron chi connectivity index (χ3n) is 4.82. The van der Waals surface area contributed by atoms with E-state index in [-0.39, 0.29) is 28.2 Å². The van der Waals surface area contributed by atoms with Gasteiger partial charge in [-0.1, -0.05) is 11.6 Å². The van der Waals surface area contributed by atoms with Crippen LogP contribution in [0.4, 0.5) is 11.4 Å². The molecule has 1 atom stereocenters. The molecule has 2 aromatic carbocycles. The maximum Gasteiger partial charge on any atom is 0.270 e. The molecular weight excluding hydrogens is 398 g/mol. The highest BCUT2D eigenvalue weighted by atomic mass is 35.5. The topological polar surface area (TPSA) is 93.9 Å². The first-order valence-corrected chi connectivity index (χ1v) is 9.52. The van der Waals surface area contributed by atoms with E-state index in [9.17, 15) is 14.9 Å². The van der Waals surface area contributed by atoms with Gasteiger partial charge in [0, 0.05) is 55.2 Å². The first-order valence-electron chi connectivity index (χ1n) is 9.14. The molecule has 29 heavy (non-hydrogen) atoms. The number of ether oxygens (including phenoxy) is 2. The van der Waals surface area contributed by atoms with Crippen LogP contribution < -0.4 is 14.8 Å². The van der Waals surface area contributed by atoms with Crippen LogP contribution >= 0.6 is 11.6 Å². The van der Waals surface area contributed by atoms with Gasteiger partial charge in [-0.05, 0) is 18.9 Å². The van der Waals surface area contributed by atoms with Crippen LogP contribution in [0.1, 0.15) is 23.2 Å². The molecule has 1 N–H and O–H groups in total. The molecule has 8 nitrogen and oxygen atoms in total. The molecule has 1 heterocycles. The quantitative estimate of drug-likeness (QED) is 0.562. The summed E-state index contributed by atoms with van der Waals surface area (Å²) in [6.07, 6.45) is 1.73. The van der Waals surface area contributed by atoms with Gasteiger partial charge in [0.15, 0.2) is 0 Å². The summed E-state index contributed by atoms with van der Waals surface area (Å²) >= 11 is 6.13.